The van der Waals surface area contributed by atoms with Gasteiger partial charge >= 0.3 is 0 Å². The fraction of sp³-hybridized carbons (Fsp3) is 0.222. The van der Waals surface area contributed by atoms with E-state index in [1.165, 1.54) is 23.2 Å². The Morgan fingerprint density at radius 2 is 2.09 bits per heavy atom. The summed E-state index contributed by atoms with van der Waals surface area (Å²) in [6.07, 6.45) is 2.03. The molecule has 116 valence electrons. The van der Waals surface area contributed by atoms with Crippen LogP contribution in [-0.2, 0) is 11.2 Å². The lowest BCUT2D eigenvalue weighted by Crippen LogP contribution is -2.39. The predicted octanol–water partition coefficient (Wildman–Crippen LogP) is 3.23. The molecule has 1 heterocycles. The van der Waals surface area contributed by atoms with Crippen molar-refractivity contribution in [3.63, 3.8) is 0 Å². The van der Waals surface area contributed by atoms with E-state index in [-0.39, 0.29) is 23.4 Å². The van der Waals surface area contributed by atoms with Gasteiger partial charge < -0.3 is 5.11 Å². The number of carbonyl (C=O) groups is 1. The van der Waals surface area contributed by atoms with E-state index in [1.54, 1.807) is 24.3 Å². The largest absolute Gasteiger partial charge is 0.508 e. The zero-order chi connectivity index (χ0) is 16.0. The van der Waals surface area contributed by atoms with Gasteiger partial charge in [0, 0.05) is 24.0 Å². The van der Waals surface area contributed by atoms with Gasteiger partial charge in [-0.2, -0.15) is 5.10 Å². The zero-order valence-corrected chi connectivity index (χ0v) is 12.4. The Morgan fingerprint density at radius 1 is 1.22 bits per heavy atom. The van der Waals surface area contributed by atoms with E-state index in [1.807, 2.05) is 0 Å². The third kappa shape index (κ3) is 2.38. The minimum Gasteiger partial charge on any atom is -0.508 e. The molecule has 23 heavy (non-hydrogen) atoms. The van der Waals surface area contributed by atoms with Crippen molar-refractivity contribution in [3.05, 3.63) is 59.4 Å². The van der Waals surface area contributed by atoms with Crippen LogP contribution in [0.1, 0.15) is 24.0 Å². The van der Waals surface area contributed by atoms with E-state index in [9.17, 15) is 14.3 Å². The molecule has 0 fully saturated rings. The number of aromatic hydroxyl groups is 1. The second kappa shape index (κ2) is 5.19. The molecule has 2 aromatic carbocycles. The molecule has 1 aliphatic carbocycles. The Morgan fingerprint density at radius 3 is 2.91 bits per heavy atom. The molecule has 0 saturated heterocycles. The standard InChI is InChI=1S/C18H15FN2O2/c19-13-7-6-11-4-5-12-8-17(23)21(20-18(12)16(11)9-13)14-2-1-3-15(22)10-14/h1-3,6-7,9-10,12,22H,4-5,8H2. The number of hydrogen-bond donors (Lipinski definition) is 1. The lowest BCUT2D eigenvalue weighted by atomic mass is 9.79. The van der Waals surface area contributed by atoms with Crippen molar-refractivity contribution < 1.29 is 14.3 Å². The maximum Gasteiger partial charge on any atom is 0.248 e. The number of halogens is 1. The third-order valence-electron chi connectivity index (χ3n) is 4.44. The van der Waals surface area contributed by atoms with Crippen LogP contribution in [0.3, 0.4) is 0 Å². The van der Waals surface area contributed by atoms with Gasteiger partial charge in [-0.1, -0.05) is 12.1 Å². The van der Waals surface area contributed by atoms with Crippen LogP contribution >= 0.6 is 0 Å². The second-order valence-electron chi connectivity index (χ2n) is 5.95. The van der Waals surface area contributed by atoms with Crippen molar-refractivity contribution in [2.24, 2.45) is 11.0 Å². The summed E-state index contributed by atoms with van der Waals surface area (Å²) >= 11 is 0. The number of fused-ring (bicyclic) bond motifs is 3. The van der Waals surface area contributed by atoms with E-state index in [4.69, 9.17) is 0 Å². The highest BCUT2D eigenvalue weighted by Gasteiger charge is 2.34. The number of rotatable bonds is 1. The maximum absolute atomic E-state index is 13.6. The molecule has 0 bridgehead atoms. The van der Waals surface area contributed by atoms with Crippen LogP contribution < -0.4 is 5.01 Å². The first kappa shape index (κ1) is 13.9. The lowest BCUT2D eigenvalue weighted by molar-refractivity contribution is -0.119. The van der Waals surface area contributed by atoms with Crippen LogP contribution in [0.5, 0.6) is 5.75 Å². The number of hydrogen-bond acceptors (Lipinski definition) is 3. The average Bonchev–Trinajstić information content (AvgIpc) is 2.54. The smallest absolute Gasteiger partial charge is 0.248 e. The quantitative estimate of drug-likeness (QED) is 0.879. The van der Waals surface area contributed by atoms with Crippen molar-refractivity contribution in [1.82, 2.24) is 0 Å². The Bertz CT molecular complexity index is 832. The molecule has 0 aromatic heterocycles. The third-order valence-corrected chi connectivity index (χ3v) is 4.44. The SMILES string of the molecule is O=C1CC2CCc3ccc(F)cc3C2=NN1c1cccc(O)c1. The number of benzene rings is 2. The van der Waals surface area contributed by atoms with Crippen LogP contribution in [0.2, 0.25) is 0 Å². The highest BCUT2D eigenvalue weighted by Crippen LogP contribution is 2.34. The molecule has 1 amide bonds. The molecule has 1 unspecified atom stereocenters. The molecule has 1 aliphatic heterocycles. The Kier molecular flexibility index (Phi) is 3.15. The highest BCUT2D eigenvalue weighted by atomic mass is 19.1. The number of anilines is 1. The summed E-state index contributed by atoms with van der Waals surface area (Å²) in [7, 11) is 0. The number of phenolic OH excluding ortho intramolecular Hbond substituents is 1. The lowest BCUT2D eigenvalue weighted by Gasteiger charge is -2.33. The van der Waals surface area contributed by atoms with Crippen LogP contribution in [0, 0.1) is 11.7 Å². The summed E-state index contributed by atoms with van der Waals surface area (Å²) in [5.74, 6) is -0.296. The first-order valence-electron chi connectivity index (χ1n) is 7.61. The molecule has 1 N–H and O–H groups in total. The van der Waals surface area contributed by atoms with Gasteiger partial charge in [0.1, 0.15) is 11.6 Å². The normalized spacial score (nSPS) is 19.9. The summed E-state index contributed by atoms with van der Waals surface area (Å²) in [5, 5.41) is 15.4. The van der Waals surface area contributed by atoms with Crippen molar-refractivity contribution >= 4 is 17.3 Å². The maximum atomic E-state index is 13.6. The first-order chi connectivity index (χ1) is 11.1. The molecule has 0 spiro atoms. The molecular formula is C18H15FN2O2. The van der Waals surface area contributed by atoms with Gasteiger partial charge in [0.2, 0.25) is 5.91 Å². The molecule has 5 heteroatoms. The van der Waals surface area contributed by atoms with Gasteiger partial charge in [0.25, 0.3) is 0 Å². The van der Waals surface area contributed by atoms with E-state index in [0.717, 1.165) is 29.7 Å². The Balaban J connectivity index is 1.83. The van der Waals surface area contributed by atoms with E-state index < -0.39 is 0 Å². The summed E-state index contributed by atoms with van der Waals surface area (Å²) < 4.78 is 13.6. The summed E-state index contributed by atoms with van der Waals surface area (Å²) in [6.45, 7) is 0. The molecule has 2 aromatic rings. The summed E-state index contributed by atoms with van der Waals surface area (Å²) in [4.78, 5) is 12.4. The summed E-state index contributed by atoms with van der Waals surface area (Å²) in [6, 6.07) is 11.2. The molecule has 1 atom stereocenters. The van der Waals surface area contributed by atoms with Crippen molar-refractivity contribution in [1.29, 1.82) is 0 Å². The average molecular weight is 310 g/mol. The van der Waals surface area contributed by atoms with Crippen LogP contribution in [0.4, 0.5) is 10.1 Å². The highest BCUT2D eigenvalue weighted by molar-refractivity contribution is 6.11. The number of carbonyl (C=O) groups excluding carboxylic acids is 1. The van der Waals surface area contributed by atoms with Crippen LogP contribution in [-0.4, -0.2) is 16.7 Å². The van der Waals surface area contributed by atoms with Gasteiger partial charge in [0.05, 0.1) is 11.4 Å². The molecule has 4 rings (SSSR count). The fourth-order valence-corrected chi connectivity index (χ4v) is 3.31. The van der Waals surface area contributed by atoms with Gasteiger partial charge in [-0.05, 0) is 42.7 Å². The Hall–Kier alpha value is -2.69. The number of aryl methyl sites for hydroxylation is 1. The second-order valence-corrected chi connectivity index (χ2v) is 5.95. The number of nitrogens with zero attached hydrogens (tertiary/aromatic N) is 2. The van der Waals surface area contributed by atoms with Gasteiger partial charge in [-0.15, -0.1) is 0 Å². The summed E-state index contributed by atoms with van der Waals surface area (Å²) in [5.41, 5.74) is 3.13. The van der Waals surface area contributed by atoms with Gasteiger partial charge in [-0.3, -0.25) is 4.79 Å². The minimum absolute atomic E-state index is 0.0327. The fourth-order valence-electron chi connectivity index (χ4n) is 3.31. The topological polar surface area (TPSA) is 52.9 Å². The molecule has 2 aliphatic rings. The molecule has 4 nitrogen and oxygen atoms in total. The molecular weight excluding hydrogens is 295 g/mol. The van der Waals surface area contributed by atoms with Crippen LogP contribution in [0.25, 0.3) is 0 Å². The minimum atomic E-state index is -0.298. The number of phenols is 1. The van der Waals surface area contributed by atoms with Crippen molar-refractivity contribution in [2.45, 2.75) is 19.3 Å². The van der Waals surface area contributed by atoms with Crippen molar-refractivity contribution in [2.75, 3.05) is 5.01 Å². The zero-order valence-electron chi connectivity index (χ0n) is 12.4. The molecule has 0 saturated carbocycles. The van der Waals surface area contributed by atoms with Crippen LogP contribution in [0.15, 0.2) is 47.6 Å². The number of amides is 1. The Labute approximate surface area is 132 Å². The predicted molar refractivity (Wildman–Crippen MR) is 85.0 cm³/mol. The van der Waals surface area contributed by atoms with Crippen molar-refractivity contribution in [3.8, 4) is 5.75 Å². The van der Waals surface area contributed by atoms with E-state index in [2.05, 4.69) is 5.10 Å². The van der Waals surface area contributed by atoms with E-state index >= 15 is 0 Å². The van der Waals surface area contributed by atoms with E-state index in [0.29, 0.717) is 12.1 Å². The van der Waals surface area contributed by atoms with Gasteiger partial charge in [0.15, 0.2) is 0 Å². The first-order valence-corrected chi connectivity index (χ1v) is 7.61. The van der Waals surface area contributed by atoms with Gasteiger partial charge in [-0.25, -0.2) is 9.40 Å². The number of hydrazone groups is 1. The molecule has 0 radical (unpaired) electrons. The monoisotopic (exact) mass is 310 g/mol.